The largest absolute Gasteiger partial charge is 0.454 e. The van der Waals surface area contributed by atoms with Gasteiger partial charge in [-0.15, -0.1) is 0 Å². The van der Waals surface area contributed by atoms with E-state index in [4.69, 9.17) is 21.1 Å². The topological polar surface area (TPSA) is 101 Å². The predicted octanol–water partition coefficient (Wildman–Crippen LogP) is 3.91. The van der Waals surface area contributed by atoms with Crippen molar-refractivity contribution in [2.75, 3.05) is 20.3 Å². The number of nitro groups is 1. The van der Waals surface area contributed by atoms with Gasteiger partial charge in [0.05, 0.1) is 28.2 Å². The minimum absolute atomic E-state index is 0.0424. The summed E-state index contributed by atoms with van der Waals surface area (Å²) in [5.74, 6) is -1.18. The standard InChI is InChI=1S/C19H21ClN2O6/c1-11-7-16(13(3)21(11)12(2)9-27-4)18(23)10-28-19(24)15-6-5-14(22(25)26)8-17(15)20/h5-8,12H,9-10H2,1-4H3/t12-/m1/s1. The third-order valence-electron chi connectivity index (χ3n) is 4.35. The molecule has 1 aromatic carbocycles. The minimum atomic E-state index is -0.824. The second-order valence-corrected chi connectivity index (χ2v) is 6.79. The normalized spacial score (nSPS) is 11.9. The van der Waals surface area contributed by atoms with E-state index in [0.29, 0.717) is 12.2 Å². The summed E-state index contributed by atoms with van der Waals surface area (Å²) >= 11 is 5.91. The molecule has 2 rings (SSSR count). The molecule has 0 bridgehead atoms. The molecule has 0 saturated heterocycles. The molecule has 1 aromatic heterocycles. The molecule has 9 heteroatoms. The lowest BCUT2D eigenvalue weighted by atomic mass is 10.1. The molecule has 0 radical (unpaired) electrons. The van der Waals surface area contributed by atoms with Crippen molar-refractivity contribution in [1.82, 2.24) is 4.57 Å². The molecule has 0 fully saturated rings. The monoisotopic (exact) mass is 408 g/mol. The zero-order chi connectivity index (χ0) is 21.0. The number of nitrogens with zero attached hydrogens (tertiary/aromatic N) is 2. The van der Waals surface area contributed by atoms with Crippen molar-refractivity contribution < 1.29 is 24.0 Å². The van der Waals surface area contributed by atoms with Gasteiger partial charge in [0.2, 0.25) is 5.78 Å². The van der Waals surface area contributed by atoms with Crippen molar-refractivity contribution in [2.24, 2.45) is 0 Å². The molecule has 8 nitrogen and oxygen atoms in total. The SMILES string of the molecule is COC[C@@H](C)n1c(C)cc(C(=O)COC(=O)c2ccc([N+](=O)[O-])cc2Cl)c1C. The molecule has 150 valence electrons. The third kappa shape index (κ3) is 4.58. The second-order valence-electron chi connectivity index (χ2n) is 6.38. The molecule has 0 amide bonds. The maximum absolute atomic E-state index is 12.5. The Morgan fingerprint density at radius 3 is 2.50 bits per heavy atom. The van der Waals surface area contributed by atoms with Crippen LogP contribution in [0.3, 0.4) is 0 Å². The number of hydrogen-bond acceptors (Lipinski definition) is 6. The van der Waals surface area contributed by atoms with Crippen molar-refractivity contribution in [3.63, 3.8) is 0 Å². The number of non-ortho nitro benzene ring substituents is 1. The Morgan fingerprint density at radius 1 is 1.25 bits per heavy atom. The third-order valence-corrected chi connectivity index (χ3v) is 4.66. The smallest absolute Gasteiger partial charge is 0.340 e. The minimum Gasteiger partial charge on any atom is -0.454 e. The maximum atomic E-state index is 12.5. The van der Waals surface area contributed by atoms with Crippen LogP contribution in [-0.4, -0.2) is 41.6 Å². The van der Waals surface area contributed by atoms with E-state index in [0.717, 1.165) is 23.5 Å². The number of ketones is 1. The molecule has 0 saturated carbocycles. The molecule has 0 aliphatic carbocycles. The highest BCUT2D eigenvalue weighted by Gasteiger charge is 2.21. The van der Waals surface area contributed by atoms with E-state index in [2.05, 4.69) is 0 Å². The number of nitro benzene ring substituents is 1. The quantitative estimate of drug-likeness (QED) is 0.284. The van der Waals surface area contributed by atoms with Gasteiger partial charge in [-0.25, -0.2) is 4.79 Å². The highest BCUT2D eigenvalue weighted by molar-refractivity contribution is 6.33. The number of Topliss-reactive ketones (excluding diaryl/α,β-unsaturated/α-hetero) is 1. The number of benzene rings is 1. The van der Waals surface area contributed by atoms with Gasteiger partial charge in [-0.05, 0) is 32.9 Å². The number of esters is 1. The lowest BCUT2D eigenvalue weighted by molar-refractivity contribution is -0.384. The van der Waals surface area contributed by atoms with Gasteiger partial charge in [-0.1, -0.05) is 11.6 Å². The van der Waals surface area contributed by atoms with E-state index in [1.54, 1.807) is 13.2 Å². The molecule has 0 aliphatic heterocycles. The first-order valence-corrected chi connectivity index (χ1v) is 8.86. The molecule has 1 heterocycles. The number of hydrogen-bond donors (Lipinski definition) is 0. The molecule has 0 spiro atoms. The number of carbonyl (C=O) groups is 2. The summed E-state index contributed by atoms with van der Waals surface area (Å²) in [7, 11) is 1.61. The Labute approximate surface area is 167 Å². The second kappa shape index (κ2) is 8.99. The Hall–Kier alpha value is -2.71. The molecule has 0 aliphatic rings. The highest BCUT2D eigenvalue weighted by atomic mass is 35.5. The lowest BCUT2D eigenvalue weighted by Gasteiger charge is -2.17. The van der Waals surface area contributed by atoms with E-state index in [9.17, 15) is 19.7 Å². The van der Waals surface area contributed by atoms with Gasteiger partial charge in [0.25, 0.3) is 5.69 Å². The summed E-state index contributed by atoms with van der Waals surface area (Å²) in [4.78, 5) is 34.8. The van der Waals surface area contributed by atoms with E-state index >= 15 is 0 Å². The first kappa shape index (κ1) is 21.6. The van der Waals surface area contributed by atoms with E-state index in [1.165, 1.54) is 6.07 Å². The Bertz CT molecular complexity index is 921. The van der Waals surface area contributed by atoms with Crippen molar-refractivity contribution >= 4 is 29.0 Å². The summed E-state index contributed by atoms with van der Waals surface area (Å²) in [6.45, 7) is 5.72. The Morgan fingerprint density at radius 2 is 1.93 bits per heavy atom. The predicted molar refractivity (Wildman–Crippen MR) is 103 cm³/mol. The molecule has 1 atom stereocenters. The summed E-state index contributed by atoms with van der Waals surface area (Å²) in [6.07, 6.45) is 0. The van der Waals surface area contributed by atoms with Crippen LogP contribution >= 0.6 is 11.6 Å². The van der Waals surface area contributed by atoms with E-state index < -0.39 is 17.5 Å². The summed E-state index contributed by atoms with van der Waals surface area (Å²) in [5, 5.41) is 10.6. The van der Waals surface area contributed by atoms with E-state index in [1.807, 2.05) is 25.3 Å². The summed E-state index contributed by atoms with van der Waals surface area (Å²) in [5.41, 5.74) is 1.84. The van der Waals surface area contributed by atoms with Gasteiger partial charge in [-0.3, -0.25) is 14.9 Å². The highest BCUT2D eigenvalue weighted by Crippen LogP contribution is 2.24. The summed E-state index contributed by atoms with van der Waals surface area (Å²) in [6, 6.07) is 5.20. The maximum Gasteiger partial charge on any atom is 0.340 e. The molecule has 28 heavy (non-hydrogen) atoms. The number of aromatic nitrogens is 1. The molecule has 0 N–H and O–H groups in total. The molecular weight excluding hydrogens is 388 g/mol. The molecular formula is C19H21ClN2O6. The number of rotatable bonds is 8. The van der Waals surface area contributed by atoms with Crippen molar-refractivity contribution in [2.45, 2.75) is 26.8 Å². The van der Waals surface area contributed by atoms with Gasteiger partial charge in [0.15, 0.2) is 6.61 Å². The van der Waals surface area contributed by atoms with Crippen LogP contribution in [0.4, 0.5) is 5.69 Å². The first-order chi connectivity index (χ1) is 13.2. The van der Waals surface area contributed by atoms with Crippen LogP contribution < -0.4 is 0 Å². The van der Waals surface area contributed by atoms with Crippen molar-refractivity contribution in [3.8, 4) is 0 Å². The molecule has 2 aromatic rings. The average molecular weight is 409 g/mol. The number of ether oxygens (including phenoxy) is 2. The van der Waals surface area contributed by atoms with Crippen LogP contribution in [0.25, 0.3) is 0 Å². The van der Waals surface area contributed by atoms with Gasteiger partial charge < -0.3 is 14.0 Å². The lowest BCUT2D eigenvalue weighted by Crippen LogP contribution is -2.17. The van der Waals surface area contributed by atoms with Crippen LogP contribution in [0.15, 0.2) is 24.3 Å². The average Bonchev–Trinajstić information content (AvgIpc) is 2.93. The van der Waals surface area contributed by atoms with Crippen LogP contribution in [-0.2, 0) is 9.47 Å². The van der Waals surface area contributed by atoms with Crippen LogP contribution in [0.2, 0.25) is 5.02 Å². The van der Waals surface area contributed by atoms with Crippen molar-refractivity contribution in [3.05, 3.63) is 61.9 Å². The number of halogens is 1. The van der Waals surface area contributed by atoms with Gasteiger partial charge in [-0.2, -0.15) is 0 Å². The number of methoxy groups -OCH3 is 1. The Kier molecular flexibility index (Phi) is 6.93. The molecule has 0 unspecified atom stereocenters. The fourth-order valence-electron chi connectivity index (χ4n) is 3.12. The zero-order valence-electron chi connectivity index (χ0n) is 16.0. The van der Waals surface area contributed by atoms with Gasteiger partial charge >= 0.3 is 5.97 Å². The fourth-order valence-corrected chi connectivity index (χ4v) is 3.38. The number of carbonyl (C=O) groups excluding carboxylic acids is 2. The van der Waals surface area contributed by atoms with Crippen LogP contribution in [0.5, 0.6) is 0 Å². The Balaban J connectivity index is 2.11. The first-order valence-electron chi connectivity index (χ1n) is 8.49. The van der Waals surface area contributed by atoms with Crippen LogP contribution in [0.1, 0.15) is 45.1 Å². The van der Waals surface area contributed by atoms with Crippen molar-refractivity contribution in [1.29, 1.82) is 0 Å². The zero-order valence-corrected chi connectivity index (χ0v) is 16.8. The van der Waals surface area contributed by atoms with Gasteiger partial charge in [0.1, 0.15) is 0 Å². The fraction of sp³-hybridized carbons (Fsp3) is 0.368. The van der Waals surface area contributed by atoms with Crippen LogP contribution in [0, 0.1) is 24.0 Å². The summed E-state index contributed by atoms with van der Waals surface area (Å²) < 4.78 is 12.2. The van der Waals surface area contributed by atoms with E-state index in [-0.39, 0.29) is 28.1 Å². The van der Waals surface area contributed by atoms with Gasteiger partial charge in [0, 0.05) is 36.2 Å². The number of aryl methyl sites for hydroxylation is 1.